The maximum atomic E-state index is 13.7. The molecule has 1 aliphatic heterocycles. The third-order valence-electron chi connectivity index (χ3n) is 5.27. The molecule has 2 aromatic carbocycles. The van der Waals surface area contributed by atoms with E-state index in [9.17, 15) is 18.4 Å². The Hall–Kier alpha value is -3.75. The number of amides is 2. The molecule has 7 nitrogen and oxygen atoms in total. The Balaban J connectivity index is 1.24. The van der Waals surface area contributed by atoms with Crippen LogP contribution in [0.15, 0.2) is 54.6 Å². The lowest BCUT2D eigenvalue weighted by atomic mass is 10.1. The van der Waals surface area contributed by atoms with Gasteiger partial charge in [0.2, 0.25) is 5.91 Å². The third-order valence-corrected chi connectivity index (χ3v) is 5.27. The van der Waals surface area contributed by atoms with E-state index in [4.69, 9.17) is 4.74 Å². The number of piperidine rings is 1. The summed E-state index contributed by atoms with van der Waals surface area (Å²) in [6, 6.07) is 14.1. The van der Waals surface area contributed by atoms with Crippen molar-refractivity contribution in [3.63, 3.8) is 0 Å². The van der Waals surface area contributed by atoms with Crippen LogP contribution in [0.3, 0.4) is 0 Å². The van der Waals surface area contributed by atoms with E-state index in [1.807, 2.05) is 30.3 Å². The number of carbonyl (C=O) groups is 2. The van der Waals surface area contributed by atoms with Crippen LogP contribution in [0.25, 0.3) is 11.3 Å². The van der Waals surface area contributed by atoms with Gasteiger partial charge in [-0.3, -0.25) is 14.7 Å². The maximum Gasteiger partial charge on any atom is 0.269 e. The first-order valence-electron chi connectivity index (χ1n) is 10.3. The van der Waals surface area contributed by atoms with Crippen molar-refractivity contribution in [2.24, 2.45) is 0 Å². The fraction of sp³-hybridized carbons (Fsp3) is 0.261. The van der Waals surface area contributed by atoms with Crippen LogP contribution < -0.4 is 10.1 Å². The fourth-order valence-corrected chi connectivity index (χ4v) is 3.53. The molecule has 2 heterocycles. The van der Waals surface area contributed by atoms with Crippen LogP contribution in [-0.4, -0.2) is 52.6 Å². The predicted octanol–water partition coefficient (Wildman–Crippen LogP) is 3.15. The van der Waals surface area contributed by atoms with Crippen molar-refractivity contribution >= 4 is 11.8 Å². The van der Waals surface area contributed by atoms with Crippen molar-refractivity contribution in [3.05, 3.63) is 71.9 Å². The van der Waals surface area contributed by atoms with Gasteiger partial charge in [0, 0.05) is 37.6 Å². The molecule has 2 N–H and O–H groups in total. The molecule has 2 amide bonds. The normalized spacial score (nSPS) is 14.2. The largest absolute Gasteiger partial charge is 0.487 e. The molecule has 0 unspecified atom stereocenters. The van der Waals surface area contributed by atoms with E-state index < -0.39 is 17.5 Å². The molecule has 1 aromatic heterocycles. The van der Waals surface area contributed by atoms with Crippen molar-refractivity contribution in [1.82, 2.24) is 20.4 Å². The van der Waals surface area contributed by atoms with Crippen molar-refractivity contribution in [3.8, 4) is 17.0 Å². The number of carbonyl (C=O) groups excluding carboxylic acids is 2. The fourth-order valence-electron chi connectivity index (χ4n) is 3.53. The van der Waals surface area contributed by atoms with E-state index >= 15 is 0 Å². The van der Waals surface area contributed by atoms with Crippen LogP contribution in [0.5, 0.6) is 5.75 Å². The molecule has 0 saturated carbocycles. The number of halogens is 2. The molecule has 4 rings (SSSR count). The Morgan fingerprint density at radius 3 is 2.59 bits per heavy atom. The number of nitrogens with zero attached hydrogens (tertiary/aromatic N) is 2. The second kappa shape index (κ2) is 9.59. The second-order valence-electron chi connectivity index (χ2n) is 7.49. The molecule has 1 saturated heterocycles. The highest BCUT2D eigenvalue weighted by Gasteiger charge is 2.25. The minimum Gasteiger partial charge on any atom is -0.487 e. The topological polar surface area (TPSA) is 87.3 Å². The van der Waals surface area contributed by atoms with Crippen molar-refractivity contribution in [2.75, 3.05) is 19.6 Å². The molecule has 32 heavy (non-hydrogen) atoms. The summed E-state index contributed by atoms with van der Waals surface area (Å²) >= 11 is 0. The number of hydrogen-bond acceptors (Lipinski definition) is 4. The highest BCUT2D eigenvalue weighted by atomic mass is 19.1. The van der Waals surface area contributed by atoms with E-state index in [0.29, 0.717) is 31.6 Å². The van der Waals surface area contributed by atoms with E-state index in [0.717, 1.165) is 23.8 Å². The highest BCUT2D eigenvalue weighted by Crippen LogP contribution is 2.23. The van der Waals surface area contributed by atoms with Gasteiger partial charge in [0.05, 0.1) is 12.2 Å². The molecule has 0 radical (unpaired) electrons. The number of ether oxygens (including phenoxy) is 1. The van der Waals surface area contributed by atoms with Crippen molar-refractivity contribution in [1.29, 1.82) is 0 Å². The quantitative estimate of drug-likeness (QED) is 0.617. The van der Waals surface area contributed by atoms with Crippen molar-refractivity contribution < 1.29 is 23.1 Å². The lowest BCUT2D eigenvalue weighted by molar-refractivity contribution is -0.131. The summed E-state index contributed by atoms with van der Waals surface area (Å²) < 4.78 is 32.6. The zero-order chi connectivity index (χ0) is 22.5. The van der Waals surface area contributed by atoms with Gasteiger partial charge in [-0.15, -0.1) is 0 Å². The highest BCUT2D eigenvalue weighted by molar-refractivity contribution is 5.95. The first-order valence-corrected chi connectivity index (χ1v) is 10.3. The second-order valence-corrected chi connectivity index (χ2v) is 7.49. The zero-order valence-corrected chi connectivity index (χ0v) is 17.2. The summed E-state index contributed by atoms with van der Waals surface area (Å²) in [4.78, 5) is 26.4. The lowest BCUT2D eigenvalue weighted by Crippen LogP contribution is -2.46. The first-order chi connectivity index (χ1) is 15.5. The average molecular weight is 440 g/mol. The number of likely N-dealkylation sites (tertiary alicyclic amines) is 1. The van der Waals surface area contributed by atoms with E-state index in [2.05, 4.69) is 15.5 Å². The monoisotopic (exact) mass is 440 g/mol. The standard InChI is InChI=1S/C23H22F2N4O3/c24-16-6-7-18(25)21(12-16)32-17-8-10-29(11-9-17)22(30)14-26-23(31)20-13-19(27-28-20)15-4-2-1-3-5-15/h1-7,12-13,17H,8-11,14H2,(H,26,31)(H,27,28). The minimum absolute atomic E-state index is 0.128. The molecule has 166 valence electrons. The van der Waals surface area contributed by atoms with Crippen LogP contribution in [0.4, 0.5) is 8.78 Å². The molecule has 1 fully saturated rings. The van der Waals surface area contributed by atoms with Crippen LogP contribution in [0, 0.1) is 11.6 Å². The number of nitrogens with one attached hydrogen (secondary N) is 2. The number of aromatic amines is 1. The van der Waals surface area contributed by atoms with Gasteiger partial charge in [0.25, 0.3) is 5.91 Å². The Kier molecular flexibility index (Phi) is 6.44. The molecular weight excluding hydrogens is 418 g/mol. The van der Waals surface area contributed by atoms with Gasteiger partial charge >= 0.3 is 0 Å². The Labute approximate surface area is 183 Å². The lowest BCUT2D eigenvalue weighted by Gasteiger charge is -2.32. The Morgan fingerprint density at radius 2 is 1.84 bits per heavy atom. The summed E-state index contributed by atoms with van der Waals surface area (Å²) in [6.07, 6.45) is 0.652. The van der Waals surface area contributed by atoms with Crippen LogP contribution in [-0.2, 0) is 4.79 Å². The summed E-state index contributed by atoms with van der Waals surface area (Å²) in [6.45, 7) is 0.652. The smallest absolute Gasteiger partial charge is 0.269 e. The van der Waals surface area contributed by atoms with Gasteiger partial charge in [-0.05, 0) is 18.2 Å². The molecule has 9 heteroatoms. The van der Waals surface area contributed by atoms with Gasteiger partial charge in [-0.25, -0.2) is 8.78 Å². The molecule has 0 spiro atoms. The summed E-state index contributed by atoms with van der Waals surface area (Å²) in [5.41, 5.74) is 1.78. The first kappa shape index (κ1) is 21.5. The molecule has 0 bridgehead atoms. The minimum atomic E-state index is -0.623. The van der Waals surface area contributed by atoms with Crippen LogP contribution in [0.1, 0.15) is 23.3 Å². The third kappa shape index (κ3) is 5.11. The van der Waals surface area contributed by atoms with E-state index in [1.165, 1.54) is 0 Å². The number of hydrogen-bond donors (Lipinski definition) is 2. The maximum absolute atomic E-state index is 13.7. The number of aromatic nitrogens is 2. The average Bonchev–Trinajstić information content (AvgIpc) is 3.31. The Morgan fingerprint density at radius 1 is 1.09 bits per heavy atom. The van der Waals surface area contributed by atoms with Crippen LogP contribution >= 0.6 is 0 Å². The number of rotatable bonds is 6. The van der Waals surface area contributed by atoms with Gasteiger partial charge in [0.1, 0.15) is 17.6 Å². The van der Waals surface area contributed by atoms with Gasteiger partial charge in [0.15, 0.2) is 11.6 Å². The molecule has 0 aliphatic carbocycles. The van der Waals surface area contributed by atoms with Crippen molar-refractivity contribution in [2.45, 2.75) is 18.9 Å². The predicted molar refractivity (Wildman–Crippen MR) is 113 cm³/mol. The van der Waals surface area contributed by atoms with E-state index in [1.54, 1.807) is 11.0 Å². The Bertz CT molecular complexity index is 1100. The zero-order valence-electron chi connectivity index (χ0n) is 17.2. The van der Waals surface area contributed by atoms with E-state index in [-0.39, 0.29) is 30.0 Å². The number of benzene rings is 2. The van der Waals surface area contributed by atoms with Gasteiger partial charge < -0.3 is 15.0 Å². The SMILES string of the molecule is O=C(NCC(=O)N1CCC(Oc2cc(F)ccc2F)CC1)c1cc(-c2ccccc2)n[nH]1. The molecule has 3 aromatic rings. The molecule has 0 atom stereocenters. The van der Waals surface area contributed by atoms with Crippen LogP contribution in [0.2, 0.25) is 0 Å². The van der Waals surface area contributed by atoms with Gasteiger partial charge in [-0.2, -0.15) is 5.10 Å². The number of H-pyrrole nitrogens is 1. The molecule has 1 aliphatic rings. The summed E-state index contributed by atoms with van der Waals surface area (Å²) in [5, 5.41) is 9.42. The summed E-state index contributed by atoms with van der Waals surface area (Å²) in [5.74, 6) is -1.97. The summed E-state index contributed by atoms with van der Waals surface area (Å²) in [7, 11) is 0. The van der Waals surface area contributed by atoms with Gasteiger partial charge in [-0.1, -0.05) is 30.3 Å². The molecular formula is C23H22F2N4O3.